The van der Waals surface area contributed by atoms with E-state index < -0.39 is 10.0 Å². The van der Waals surface area contributed by atoms with E-state index in [9.17, 15) is 8.42 Å². The highest BCUT2D eigenvalue weighted by Gasteiger charge is 2.33. The zero-order valence-corrected chi connectivity index (χ0v) is 9.39. The number of fused-ring (bicyclic) bond motifs is 2. The second kappa shape index (κ2) is 3.79. The maximum atomic E-state index is 11.7. The fourth-order valence-corrected chi connectivity index (χ4v) is 3.50. The van der Waals surface area contributed by atoms with E-state index in [2.05, 4.69) is 5.32 Å². The van der Waals surface area contributed by atoms with Gasteiger partial charge in [0.25, 0.3) is 0 Å². The highest BCUT2D eigenvalue weighted by molar-refractivity contribution is 7.89. The second-order valence-corrected chi connectivity index (χ2v) is 6.44. The molecule has 2 fully saturated rings. The zero-order valence-electron chi connectivity index (χ0n) is 8.57. The van der Waals surface area contributed by atoms with Gasteiger partial charge in [-0.2, -0.15) is 0 Å². The summed E-state index contributed by atoms with van der Waals surface area (Å²) in [5, 5.41) is 3.47. The summed E-state index contributed by atoms with van der Waals surface area (Å²) >= 11 is 0. The first kappa shape index (κ1) is 10.4. The van der Waals surface area contributed by atoms with E-state index in [1.807, 2.05) is 0 Å². The van der Waals surface area contributed by atoms with E-state index in [1.165, 1.54) is 6.42 Å². The van der Waals surface area contributed by atoms with Crippen LogP contribution in [0.15, 0.2) is 0 Å². The molecule has 0 saturated carbocycles. The van der Waals surface area contributed by atoms with Crippen LogP contribution in [0.2, 0.25) is 0 Å². The molecule has 0 aromatic heterocycles. The van der Waals surface area contributed by atoms with Gasteiger partial charge in [0.05, 0.1) is 5.75 Å². The summed E-state index contributed by atoms with van der Waals surface area (Å²) < 4.78 is 25.0. The van der Waals surface area contributed by atoms with Crippen LogP contribution in [0.5, 0.6) is 0 Å². The molecule has 2 heterocycles. The van der Waals surface area contributed by atoms with Gasteiger partial charge in [-0.05, 0) is 26.2 Å². The fraction of sp³-hybridized carbons (Fsp3) is 1.00. The summed E-state index contributed by atoms with van der Waals surface area (Å²) in [5.41, 5.74) is 0. The molecule has 1 N–H and O–H groups in total. The molecule has 2 aliphatic heterocycles. The van der Waals surface area contributed by atoms with E-state index in [0.717, 1.165) is 12.8 Å². The largest absolute Gasteiger partial charge is 0.310 e. The Morgan fingerprint density at radius 2 is 2.00 bits per heavy atom. The van der Waals surface area contributed by atoms with Crippen LogP contribution < -0.4 is 5.32 Å². The molecule has 14 heavy (non-hydrogen) atoms. The number of hydrogen-bond donors (Lipinski definition) is 1. The average molecular weight is 218 g/mol. The molecule has 0 aromatic carbocycles. The molecule has 0 radical (unpaired) electrons. The van der Waals surface area contributed by atoms with Crippen molar-refractivity contribution in [3.63, 3.8) is 0 Å². The minimum absolute atomic E-state index is 0.227. The van der Waals surface area contributed by atoms with E-state index in [4.69, 9.17) is 0 Å². The van der Waals surface area contributed by atoms with Crippen molar-refractivity contribution < 1.29 is 8.42 Å². The van der Waals surface area contributed by atoms with Gasteiger partial charge < -0.3 is 5.32 Å². The molecule has 2 bridgehead atoms. The smallest absolute Gasteiger partial charge is 0.213 e. The number of nitrogens with zero attached hydrogens (tertiary/aromatic N) is 1. The second-order valence-electron chi connectivity index (χ2n) is 4.19. The van der Waals surface area contributed by atoms with Gasteiger partial charge in [-0.15, -0.1) is 0 Å². The van der Waals surface area contributed by atoms with Crippen LogP contribution in [0, 0.1) is 0 Å². The Labute approximate surface area is 85.7 Å². The summed E-state index contributed by atoms with van der Waals surface area (Å²) in [4.78, 5) is 0. The number of sulfonamides is 1. The van der Waals surface area contributed by atoms with Crippen molar-refractivity contribution in [1.82, 2.24) is 9.62 Å². The van der Waals surface area contributed by atoms with Crippen LogP contribution in [0.4, 0.5) is 0 Å². The number of hydrogen-bond acceptors (Lipinski definition) is 3. The summed E-state index contributed by atoms with van der Waals surface area (Å²) in [5.74, 6) is 0.227. The highest BCUT2D eigenvalue weighted by atomic mass is 32.2. The zero-order chi connectivity index (χ0) is 10.2. The van der Waals surface area contributed by atoms with Gasteiger partial charge >= 0.3 is 0 Å². The van der Waals surface area contributed by atoms with Crippen molar-refractivity contribution in [2.75, 3.05) is 18.8 Å². The SMILES string of the molecule is CCS(=O)(=O)N1CC[C@H]2CC[C@@H](C1)N2. The van der Waals surface area contributed by atoms with Crippen LogP contribution in [0.25, 0.3) is 0 Å². The lowest BCUT2D eigenvalue weighted by atomic mass is 10.1. The van der Waals surface area contributed by atoms with E-state index in [-0.39, 0.29) is 5.75 Å². The molecule has 2 rings (SSSR count). The number of nitrogens with one attached hydrogen (secondary N) is 1. The Hall–Kier alpha value is -0.130. The van der Waals surface area contributed by atoms with Gasteiger partial charge in [-0.1, -0.05) is 0 Å². The van der Waals surface area contributed by atoms with Crippen LogP contribution in [-0.2, 0) is 10.0 Å². The minimum atomic E-state index is -2.97. The van der Waals surface area contributed by atoms with Crippen molar-refractivity contribution in [3.05, 3.63) is 0 Å². The first-order valence-corrected chi connectivity index (χ1v) is 6.96. The normalized spacial score (nSPS) is 34.4. The van der Waals surface area contributed by atoms with E-state index >= 15 is 0 Å². The standard InChI is InChI=1S/C9H18N2O2S/c1-2-14(12,13)11-6-5-8-3-4-9(7-11)10-8/h8-10H,2-7H2,1H3/t8-,9+/m1/s1. The maximum absolute atomic E-state index is 11.7. The third-order valence-electron chi connectivity index (χ3n) is 3.24. The van der Waals surface area contributed by atoms with Gasteiger partial charge in [0.2, 0.25) is 10.0 Å². The summed E-state index contributed by atoms with van der Waals surface area (Å²) in [6, 6.07) is 0.945. The predicted molar refractivity (Wildman–Crippen MR) is 55.6 cm³/mol. The monoisotopic (exact) mass is 218 g/mol. The third kappa shape index (κ3) is 1.94. The minimum Gasteiger partial charge on any atom is -0.310 e. The Bertz CT molecular complexity index is 302. The molecule has 5 heteroatoms. The summed E-state index contributed by atoms with van der Waals surface area (Å²) in [6.45, 7) is 3.09. The molecule has 2 saturated heterocycles. The number of rotatable bonds is 2. The van der Waals surface area contributed by atoms with Gasteiger partial charge in [0.1, 0.15) is 0 Å². The van der Waals surface area contributed by atoms with Crippen LogP contribution in [-0.4, -0.2) is 43.6 Å². The molecule has 0 aliphatic carbocycles. The predicted octanol–water partition coefficient (Wildman–Crippen LogP) is 0.162. The van der Waals surface area contributed by atoms with Crippen molar-refractivity contribution >= 4 is 10.0 Å². The third-order valence-corrected chi connectivity index (χ3v) is 5.09. The lowest BCUT2D eigenvalue weighted by molar-refractivity contribution is 0.384. The van der Waals surface area contributed by atoms with Crippen LogP contribution >= 0.6 is 0 Å². The molecular weight excluding hydrogens is 200 g/mol. The van der Waals surface area contributed by atoms with Gasteiger partial charge in [0, 0.05) is 25.2 Å². The molecule has 4 nitrogen and oxygen atoms in total. The quantitative estimate of drug-likeness (QED) is 0.718. The van der Waals surface area contributed by atoms with Gasteiger partial charge in [-0.25, -0.2) is 12.7 Å². The van der Waals surface area contributed by atoms with E-state index in [1.54, 1.807) is 11.2 Å². The first-order chi connectivity index (χ1) is 6.62. The Kier molecular flexibility index (Phi) is 2.81. The van der Waals surface area contributed by atoms with Crippen LogP contribution in [0.1, 0.15) is 26.2 Å². The molecule has 2 aliphatic rings. The molecule has 2 atom stereocenters. The van der Waals surface area contributed by atoms with Crippen molar-refractivity contribution in [3.8, 4) is 0 Å². The van der Waals surface area contributed by atoms with Gasteiger partial charge in [0.15, 0.2) is 0 Å². The van der Waals surface area contributed by atoms with Gasteiger partial charge in [-0.3, -0.25) is 0 Å². The molecule has 0 spiro atoms. The molecule has 0 aromatic rings. The lowest BCUT2D eigenvalue weighted by Crippen LogP contribution is -2.39. The molecule has 0 unspecified atom stereocenters. The average Bonchev–Trinajstić information content (AvgIpc) is 2.45. The molecule has 0 amide bonds. The topological polar surface area (TPSA) is 49.4 Å². The van der Waals surface area contributed by atoms with E-state index in [0.29, 0.717) is 25.2 Å². The Morgan fingerprint density at radius 3 is 2.71 bits per heavy atom. The van der Waals surface area contributed by atoms with Crippen molar-refractivity contribution in [1.29, 1.82) is 0 Å². The first-order valence-electron chi connectivity index (χ1n) is 5.35. The molecular formula is C9H18N2O2S. The van der Waals surface area contributed by atoms with Crippen molar-refractivity contribution in [2.24, 2.45) is 0 Å². The van der Waals surface area contributed by atoms with Crippen molar-refractivity contribution in [2.45, 2.75) is 38.3 Å². The Balaban J connectivity index is 2.09. The Morgan fingerprint density at radius 1 is 1.29 bits per heavy atom. The maximum Gasteiger partial charge on any atom is 0.213 e. The summed E-state index contributed by atoms with van der Waals surface area (Å²) in [6.07, 6.45) is 3.31. The van der Waals surface area contributed by atoms with Crippen LogP contribution in [0.3, 0.4) is 0 Å². The highest BCUT2D eigenvalue weighted by Crippen LogP contribution is 2.21. The molecule has 82 valence electrons. The summed E-state index contributed by atoms with van der Waals surface area (Å²) in [7, 11) is -2.97. The fourth-order valence-electron chi connectivity index (χ4n) is 2.35. The lowest BCUT2D eigenvalue weighted by Gasteiger charge is -2.22.